The standard InChI is InChI=1S/C15H16BrNO2S/c1-17(9-8-15(18)19)10-11-6-7-14(20-11)12-4-2-3-5-13(12)16/h2-7H,8-10H2,1H3,(H,18,19). The summed E-state index contributed by atoms with van der Waals surface area (Å²) in [5.74, 6) is -0.753. The summed E-state index contributed by atoms with van der Waals surface area (Å²) in [6.45, 7) is 1.35. The van der Waals surface area contributed by atoms with Crippen LogP contribution in [-0.4, -0.2) is 29.6 Å². The van der Waals surface area contributed by atoms with E-state index in [9.17, 15) is 4.79 Å². The van der Waals surface area contributed by atoms with E-state index in [1.807, 2.05) is 30.1 Å². The number of carboxylic acids is 1. The third-order valence-corrected chi connectivity index (χ3v) is 4.73. The molecule has 3 nitrogen and oxygen atoms in total. The van der Waals surface area contributed by atoms with Gasteiger partial charge >= 0.3 is 5.97 Å². The van der Waals surface area contributed by atoms with Crippen LogP contribution in [0, 0.1) is 0 Å². The van der Waals surface area contributed by atoms with Gasteiger partial charge in [-0.2, -0.15) is 0 Å². The van der Waals surface area contributed by atoms with E-state index in [1.54, 1.807) is 11.3 Å². The molecule has 0 saturated carbocycles. The summed E-state index contributed by atoms with van der Waals surface area (Å²) in [5.41, 5.74) is 1.19. The van der Waals surface area contributed by atoms with Gasteiger partial charge in [0.05, 0.1) is 6.42 Å². The van der Waals surface area contributed by atoms with Crippen molar-refractivity contribution in [1.82, 2.24) is 4.90 Å². The zero-order valence-corrected chi connectivity index (χ0v) is 13.6. The Morgan fingerprint density at radius 1 is 1.30 bits per heavy atom. The van der Waals surface area contributed by atoms with Gasteiger partial charge in [0.2, 0.25) is 0 Å². The highest BCUT2D eigenvalue weighted by molar-refractivity contribution is 9.10. The number of carbonyl (C=O) groups is 1. The number of hydrogen-bond acceptors (Lipinski definition) is 3. The molecule has 0 radical (unpaired) electrons. The maximum Gasteiger partial charge on any atom is 0.304 e. The molecule has 1 aromatic carbocycles. The molecule has 0 amide bonds. The van der Waals surface area contributed by atoms with E-state index in [4.69, 9.17) is 5.11 Å². The fraction of sp³-hybridized carbons (Fsp3) is 0.267. The van der Waals surface area contributed by atoms with Crippen molar-refractivity contribution in [2.75, 3.05) is 13.6 Å². The number of aliphatic carboxylic acids is 1. The first-order valence-electron chi connectivity index (χ1n) is 6.30. The van der Waals surface area contributed by atoms with Gasteiger partial charge in [0.1, 0.15) is 0 Å². The minimum atomic E-state index is -0.753. The van der Waals surface area contributed by atoms with Crippen molar-refractivity contribution in [3.8, 4) is 10.4 Å². The molecule has 0 atom stereocenters. The van der Waals surface area contributed by atoms with Crippen molar-refractivity contribution in [2.45, 2.75) is 13.0 Å². The second-order valence-electron chi connectivity index (χ2n) is 4.63. The van der Waals surface area contributed by atoms with Gasteiger partial charge < -0.3 is 10.0 Å². The average molecular weight is 354 g/mol. The molecule has 1 heterocycles. The second-order valence-corrected chi connectivity index (χ2v) is 6.65. The third kappa shape index (κ3) is 4.16. The van der Waals surface area contributed by atoms with E-state index >= 15 is 0 Å². The fourth-order valence-electron chi connectivity index (χ4n) is 1.90. The quantitative estimate of drug-likeness (QED) is 0.850. The number of thiophene rings is 1. The first-order valence-corrected chi connectivity index (χ1v) is 7.91. The largest absolute Gasteiger partial charge is 0.481 e. The predicted molar refractivity (Wildman–Crippen MR) is 86.0 cm³/mol. The van der Waals surface area contributed by atoms with Crippen LogP contribution in [0.2, 0.25) is 0 Å². The van der Waals surface area contributed by atoms with Crippen LogP contribution in [0.15, 0.2) is 40.9 Å². The van der Waals surface area contributed by atoms with E-state index in [2.05, 4.69) is 34.1 Å². The molecule has 0 bridgehead atoms. The summed E-state index contributed by atoms with van der Waals surface area (Å²) in [6.07, 6.45) is 0.180. The zero-order chi connectivity index (χ0) is 14.5. The van der Waals surface area contributed by atoms with Crippen molar-refractivity contribution in [3.63, 3.8) is 0 Å². The predicted octanol–water partition coefficient (Wildman–Crippen LogP) is 4.08. The minimum absolute atomic E-state index is 0.180. The molecule has 0 aliphatic heterocycles. The van der Waals surface area contributed by atoms with Gasteiger partial charge in [-0.25, -0.2) is 0 Å². The summed E-state index contributed by atoms with van der Waals surface area (Å²) >= 11 is 5.31. The van der Waals surface area contributed by atoms with Crippen LogP contribution in [0.4, 0.5) is 0 Å². The van der Waals surface area contributed by atoms with E-state index in [-0.39, 0.29) is 6.42 Å². The summed E-state index contributed by atoms with van der Waals surface area (Å²) in [6, 6.07) is 12.4. The van der Waals surface area contributed by atoms with Crippen LogP contribution >= 0.6 is 27.3 Å². The average Bonchev–Trinajstić information content (AvgIpc) is 2.85. The summed E-state index contributed by atoms with van der Waals surface area (Å²) in [5, 5.41) is 8.68. The van der Waals surface area contributed by atoms with Crippen LogP contribution in [0.25, 0.3) is 10.4 Å². The summed E-state index contributed by atoms with van der Waals surface area (Å²) in [7, 11) is 1.95. The lowest BCUT2D eigenvalue weighted by atomic mass is 10.2. The molecule has 0 spiro atoms. The van der Waals surface area contributed by atoms with Crippen LogP contribution in [-0.2, 0) is 11.3 Å². The lowest BCUT2D eigenvalue weighted by Gasteiger charge is -2.13. The van der Waals surface area contributed by atoms with Crippen molar-refractivity contribution in [1.29, 1.82) is 0 Å². The van der Waals surface area contributed by atoms with Gasteiger partial charge in [0.15, 0.2) is 0 Å². The number of nitrogens with zero attached hydrogens (tertiary/aromatic N) is 1. The monoisotopic (exact) mass is 353 g/mol. The number of hydrogen-bond donors (Lipinski definition) is 1. The molecule has 1 aromatic heterocycles. The van der Waals surface area contributed by atoms with Gasteiger partial charge in [0, 0.05) is 32.9 Å². The van der Waals surface area contributed by atoms with Crippen molar-refractivity contribution < 1.29 is 9.90 Å². The Morgan fingerprint density at radius 2 is 2.05 bits per heavy atom. The van der Waals surface area contributed by atoms with Gasteiger partial charge in [-0.3, -0.25) is 4.79 Å². The highest BCUT2D eigenvalue weighted by Crippen LogP contribution is 2.33. The Morgan fingerprint density at radius 3 is 2.75 bits per heavy atom. The lowest BCUT2D eigenvalue weighted by Crippen LogP contribution is -2.20. The number of benzene rings is 1. The molecule has 106 valence electrons. The van der Waals surface area contributed by atoms with Crippen molar-refractivity contribution in [2.24, 2.45) is 0 Å². The second kappa shape index (κ2) is 7.02. The first kappa shape index (κ1) is 15.2. The van der Waals surface area contributed by atoms with Crippen LogP contribution in [0.1, 0.15) is 11.3 Å². The van der Waals surface area contributed by atoms with Crippen LogP contribution in [0.5, 0.6) is 0 Å². The first-order chi connectivity index (χ1) is 9.56. The number of rotatable bonds is 6. The van der Waals surface area contributed by atoms with Crippen molar-refractivity contribution >= 4 is 33.2 Å². The molecule has 1 N–H and O–H groups in total. The molecule has 0 aliphatic carbocycles. The van der Waals surface area contributed by atoms with E-state index in [0.29, 0.717) is 6.54 Å². The van der Waals surface area contributed by atoms with E-state index < -0.39 is 5.97 Å². The van der Waals surface area contributed by atoms with Crippen molar-refractivity contribution in [3.05, 3.63) is 45.7 Å². The van der Waals surface area contributed by atoms with Gasteiger partial charge in [0.25, 0.3) is 0 Å². The van der Waals surface area contributed by atoms with Gasteiger partial charge in [-0.15, -0.1) is 11.3 Å². The normalized spacial score (nSPS) is 10.9. The molecule has 2 rings (SSSR count). The Bertz CT molecular complexity index is 597. The third-order valence-electron chi connectivity index (χ3n) is 2.93. The summed E-state index contributed by atoms with van der Waals surface area (Å²) < 4.78 is 1.09. The fourth-order valence-corrected chi connectivity index (χ4v) is 3.66. The molecule has 0 unspecified atom stereocenters. The molecule has 0 fully saturated rings. The maximum atomic E-state index is 10.6. The minimum Gasteiger partial charge on any atom is -0.481 e. The topological polar surface area (TPSA) is 40.5 Å². The van der Waals surface area contributed by atoms with Gasteiger partial charge in [-0.05, 0) is 25.2 Å². The Kier molecular flexibility index (Phi) is 5.34. The van der Waals surface area contributed by atoms with E-state index in [1.165, 1.54) is 15.3 Å². The van der Waals surface area contributed by atoms with E-state index in [0.717, 1.165) is 11.0 Å². The molecule has 0 saturated heterocycles. The number of carboxylic acid groups (broad SMARTS) is 1. The molecule has 0 aliphatic rings. The Balaban J connectivity index is 2.02. The lowest BCUT2D eigenvalue weighted by molar-refractivity contribution is -0.137. The zero-order valence-electron chi connectivity index (χ0n) is 11.2. The van der Waals surface area contributed by atoms with Gasteiger partial charge in [-0.1, -0.05) is 34.1 Å². The Labute approximate surface area is 131 Å². The summed E-state index contributed by atoms with van der Waals surface area (Å²) in [4.78, 5) is 15.0. The molecular weight excluding hydrogens is 338 g/mol. The molecule has 5 heteroatoms. The molecule has 2 aromatic rings. The molecule has 20 heavy (non-hydrogen) atoms. The Hall–Kier alpha value is -1.17. The maximum absolute atomic E-state index is 10.6. The smallest absolute Gasteiger partial charge is 0.304 e. The van der Waals surface area contributed by atoms with Crippen LogP contribution in [0.3, 0.4) is 0 Å². The van der Waals surface area contributed by atoms with Crippen LogP contribution < -0.4 is 0 Å². The highest BCUT2D eigenvalue weighted by Gasteiger charge is 2.08. The number of halogens is 1. The molecular formula is C15H16BrNO2S. The SMILES string of the molecule is CN(CCC(=O)O)Cc1ccc(-c2ccccc2Br)s1. The highest BCUT2D eigenvalue weighted by atomic mass is 79.9.